The largest absolute Gasteiger partial charge is 0.481 e. The van der Waals surface area contributed by atoms with Gasteiger partial charge in [-0.05, 0) is 12.8 Å². The lowest BCUT2D eigenvalue weighted by molar-refractivity contribution is -0.150. The van der Waals surface area contributed by atoms with E-state index in [0.717, 1.165) is 25.7 Å². The fraction of sp³-hybridized carbons (Fsp3) is 0.917. The number of aliphatic hydroxyl groups excluding tert-OH is 2. The molecule has 5 nitrogen and oxygen atoms in total. The molecule has 1 saturated carbocycles. The van der Waals surface area contributed by atoms with Crippen LogP contribution >= 0.6 is 0 Å². The van der Waals surface area contributed by atoms with Gasteiger partial charge < -0.3 is 20.1 Å². The van der Waals surface area contributed by atoms with E-state index in [0.29, 0.717) is 12.8 Å². The molecule has 2 aliphatic rings. The maximum Gasteiger partial charge on any atom is 0.309 e. The van der Waals surface area contributed by atoms with Crippen molar-refractivity contribution in [3.8, 4) is 0 Å². The summed E-state index contributed by atoms with van der Waals surface area (Å²) >= 11 is 0. The highest BCUT2D eigenvalue weighted by molar-refractivity contribution is 5.71. The van der Waals surface area contributed by atoms with Gasteiger partial charge in [0.25, 0.3) is 0 Å². The van der Waals surface area contributed by atoms with E-state index in [2.05, 4.69) is 0 Å². The molecule has 5 atom stereocenters. The van der Waals surface area contributed by atoms with Gasteiger partial charge in [0, 0.05) is 5.92 Å². The summed E-state index contributed by atoms with van der Waals surface area (Å²) in [5.74, 6) is -2.14. The topological polar surface area (TPSA) is 87.0 Å². The minimum Gasteiger partial charge on any atom is -0.481 e. The zero-order valence-electron chi connectivity index (χ0n) is 9.79. The standard InChI is InChI=1S/C12H20O5/c13-8-6-4-2-1-3-5-7-9(11(14)15)10(8)17-12(7)16/h7-10,12-13,16H,1-6H2,(H,14,15)/t7-,8-,9-,10+,12-/m1/s1. The average molecular weight is 244 g/mol. The Labute approximate surface area is 100 Å². The monoisotopic (exact) mass is 244 g/mol. The molecular weight excluding hydrogens is 224 g/mol. The third kappa shape index (κ3) is 2.61. The van der Waals surface area contributed by atoms with Crippen molar-refractivity contribution < 1.29 is 24.9 Å². The Balaban J connectivity index is 2.19. The first-order valence-corrected chi connectivity index (χ1v) is 6.35. The van der Waals surface area contributed by atoms with E-state index in [4.69, 9.17) is 4.74 Å². The molecule has 2 rings (SSSR count). The van der Waals surface area contributed by atoms with E-state index in [1.165, 1.54) is 0 Å². The van der Waals surface area contributed by atoms with E-state index in [9.17, 15) is 20.1 Å². The Morgan fingerprint density at radius 3 is 2.35 bits per heavy atom. The van der Waals surface area contributed by atoms with Crippen LogP contribution in [0, 0.1) is 11.8 Å². The van der Waals surface area contributed by atoms with Gasteiger partial charge in [-0.15, -0.1) is 0 Å². The number of rotatable bonds is 1. The van der Waals surface area contributed by atoms with Crippen LogP contribution in [-0.4, -0.2) is 39.8 Å². The van der Waals surface area contributed by atoms with Crippen LogP contribution in [0.1, 0.15) is 38.5 Å². The number of fused-ring (bicyclic) bond motifs is 2. The van der Waals surface area contributed by atoms with Crippen molar-refractivity contribution in [1.29, 1.82) is 0 Å². The fourth-order valence-corrected chi connectivity index (χ4v) is 2.99. The SMILES string of the molecule is O=C(O)[C@@H]1[C@H]2CCCCCC[C@@H](O)[C@@H]1O[C@H]2O. The number of carbonyl (C=O) groups is 1. The Kier molecular flexibility index (Phi) is 4.01. The third-order valence-electron chi connectivity index (χ3n) is 3.93. The van der Waals surface area contributed by atoms with Crippen molar-refractivity contribution in [3.63, 3.8) is 0 Å². The predicted molar refractivity (Wildman–Crippen MR) is 59.2 cm³/mol. The molecule has 2 bridgehead atoms. The molecular formula is C12H20O5. The molecule has 0 aromatic heterocycles. The van der Waals surface area contributed by atoms with E-state index in [1.54, 1.807) is 0 Å². The van der Waals surface area contributed by atoms with Gasteiger partial charge in [0.05, 0.1) is 12.0 Å². The van der Waals surface area contributed by atoms with Crippen LogP contribution in [0.3, 0.4) is 0 Å². The molecule has 98 valence electrons. The number of ether oxygens (including phenoxy) is 1. The molecule has 0 aromatic carbocycles. The number of hydrogen-bond acceptors (Lipinski definition) is 4. The van der Waals surface area contributed by atoms with Crippen LogP contribution < -0.4 is 0 Å². The van der Waals surface area contributed by atoms with Crippen LogP contribution in [0.2, 0.25) is 0 Å². The van der Waals surface area contributed by atoms with Crippen LogP contribution in [-0.2, 0) is 9.53 Å². The lowest BCUT2D eigenvalue weighted by Gasteiger charge is -2.24. The second-order valence-electron chi connectivity index (χ2n) is 5.08. The van der Waals surface area contributed by atoms with Crippen molar-refractivity contribution in [3.05, 3.63) is 0 Å². The summed E-state index contributed by atoms with van der Waals surface area (Å²) in [5, 5.41) is 29.0. The number of carboxylic acids is 1. The molecule has 17 heavy (non-hydrogen) atoms. The molecule has 1 heterocycles. The number of carboxylic acid groups (broad SMARTS) is 1. The van der Waals surface area contributed by atoms with Gasteiger partial charge in [-0.2, -0.15) is 0 Å². The third-order valence-corrected chi connectivity index (χ3v) is 3.93. The summed E-state index contributed by atoms with van der Waals surface area (Å²) in [5.41, 5.74) is 0. The highest BCUT2D eigenvalue weighted by Crippen LogP contribution is 2.38. The van der Waals surface area contributed by atoms with Gasteiger partial charge in [0.2, 0.25) is 0 Å². The summed E-state index contributed by atoms with van der Waals surface area (Å²) in [7, 11) is 0. The zero-order chi connectivity index (χ0) is 12.4. The van der Waals surface area contributed by atoms with Gasteiger partial charge in [-0.3, -0.25) is 4.79 Å². The molecule has 5 heteroatoms. The lowest BCUT2D eigenvalue weighted by Crippen LogP contribution is -2.37. The zero-order valence-corrected chi connectivity index (χ0v) is 9.79. The molecule has 0 aromatic rings. The van der Waals surface area contributed by atoms with Crippen molar-refractivity contribution >= 4 is 5.97 Å². The number of hydrogen-bond donors (Lipinski definition) is 3. The summed E-state index contributed by atoms with van der Waals surface area (Å²) in [6, 6.07) is 0. The second-order valence-corrected chi connectivity index (χ2v) is 5.08. The second kappa shape index (κ2) is 5.33. The van der Waals surface area contributed by atoms with Crippen molar-refractivity contribution in [2.45, 2.75) is 57.0 Å². The van der Waals surface area contributed by atoms with Crippen LogP contribution in [0.25, 0.3) is 0 Å². The molecule has 1 saturated heterocycles. The fourth-order valence-electron chi connectivity index (χ4n) is 2.99. The minimum atomic E-state index is -1.05. The first-order chi connectivity index (χ1) is 8.11. The van der Waals surface area contributed by atoms with Crippen molar-refractivity contribution in [1.82, 2.24) is 0 Å². The van der Waals surface area contributed by atoms with E-state index in [1.807, 2.05) is 0 Å². The Hall–Kier alpha value is -0.650. The highest BCUT2D eigenvalue weighted by atomic mass is 16.6. The maximum absolute atomic E-state index is 11.3. The summed E-state index contributed by atoms with van der Waals surface area (Å²) in [4.78, 5) is 11.3. The van der Waals surface area contributed by atoms with Gasteiger partial charge in [-0.25, -0.2) is 0 Å². The molecule has 0 spiro atoms. The first-order valence-electron chi connectivity index (χ1n) is 6.35. The highest BCUT2D eigenvalue weighted by Gasteiger charge is 2.50. The van der Waals surface area contributed by atoms with Crippen LogP contribution in [0.5, 0.6) is 0 Å². The summed E-state index contributed by atoms with van der Waals surface area (Å²) in [6.07, 6.45) is 2.48. The lowest BCUT2D eigenvalue weighted by atomic mass is 9.82. The van der Waals surface area contributed by atoms with E-state index >= 15 is 0 Å². The van der Waals surface area contributed by atoms with Crippen LogP contribution in [0.15, 0.2) is 0 Å². The molecule has 0 amide bonds. The maximum atomic E-state index is 11.3. The molecule has 0 unspecified atom stereocenters. The van der Waals surface area contributed by atoms with E-state index < -0.39 is 30.4 Å². The minimum absolute atomic E-state index is 0.384. The number of aliphatic carboxylic acids is 1. The van der Waals surface area contributed by atoms with Crippen LogP contribution in [0.4, 0.5) is 0 Å². The Morgan fingerprint density at radius 1 is 1.06 bits per heavy atom. The van der Waals surface area contributed by atoms with E-state index in [-0.39, 0.29) is 5.92 Å². The summed E-state index contributed by atoms with van der Waals surface area (Å²) < 4.78 is 5.27. The molecule has 1 aliphatic carbocycles. The smallest absolute Gasteiger partial charge is 0.309 e. The van der Waals surface area contributed by atoms with Gasteiger partial charge in [0.1, 0.15) is 6.10 Å². The molecule has 2 fully saturated rings. The first kappa shape index (κ1) is 12.8. The van der Waals surface area contributed by atoms with Gasteiger partial charge >= 0.3 is 5.97 Å². The van der Waals surface area contributed by atoms with Crippen molar-refractivity contribution in [2.24, 2.45) is 11.8 Å². The van der Waals surface area contributed by atoms with Crippen molar-refractivity contribution in [2.75, 3.05) is 0 Å². The Morgan fingerprint density at radius 2 is 1.71 bits per heavy atom. The molecule has 0 radical (unpaired) electrons. The van der Waals surface area contributed by atoms with Gasteiger partial charge in [-0.1, -0.05) is 25.7 Å². The normalized spacial score (nSPS) is 43.3. The van der Waals surface area contributed by atoms with Gasteiger partial charge in [0.15, 0.2) is 6.29 Å². The summed E-state index contributed by atoms with van der Waals surface area (Å²) in [6.45, 7) is 0. The number of aliphatic hydroxyl groups is 2. The average Bonchev–Trinajstić information content (AvgIpc) is 2.59. The quantitative estimate of drug-likeness (QED) is 0.633. The molecule has 3 N–H and O–H groups in total. The Bertz CT molecular complexity index is 280. The predicted octanol–water partition coefficient (Wildman–Crippen LogP) is 0.736. The molecule has 1 aliphatic heterocycles.